The lowest BCUT2D eigenvalue weighted by molar-refractivity contribution is -0.118. The number of primary amides is 1. The average molecular weight is 384 g/mol. The molecule has 0 fully saturated rings. The van der Waals surface area contributed by atoms with E-state index < -0.39 is 23.7 Å². The number of nitrogens with zero attached hydrogens (tertiary/aromatic N) is 1. The highest BCUT2D eigenvalue weighted by atomic mass is 35.5. The highest BCUT2D eigenvalue weighted by Crippen LogP contribution is 2.38. The molecule has 0 aliphatic rings. The molecule has 130 valence electrons. The summed E-state index contributed by atoms with van der Waals surface area (Å²) in [4.78, 5) is 11.2. The van der Waals surface area contributed by atoms with Crippen molar-refractivity contribution in [3.8, 4) is 11.1 Å². The van der Waals surface area contributed by atoms with E-state index in [1.54, 1.807) is 0 Å². The Morgan fingerprint density at radius 1 is 1.16 bits per heavy atom. The van der Waals surface area contributed by atoms with Crippen molar-refractivity contribution in [2.75, 3.05) is 0 Å². The molecular weight excluding hydrogens is 371 g/mol. The smallest absolute Gasteiger partial charge is 0.220 e. The molecule has 0 radical (unpaired) electrons. The van der Waals surface area contributed by atoms with E-state index in [1.807, 2.05) is 0 Å². The third kappa shape index (κ3) is 3.20. The van der Waals surface area contributed by atoms with Gasteiger partial charge < -0.3 is 16.0 Å². The molecule has 1 amide bonds. The molecule has 25 heavy (non-hydrogen) atoms. The number of nitrogens with two attached hydrogens (primary N) is 2. The SMILES string of the molecule is NC(=O)CC(N)n1cc(-c2c(F)cccc2F)c2cc(Cl)c(Cl)cc21. The van der Waals surface area contributed by atoms with E-state index in [-0.39, 0.29) is 27.6 Å². The van der Waals surface area contributed by atoms with Crippen LogP contribution in [0.4, 0.5) is 8.78 Å². The van der Waals surface area contributed by atoms with Crippen LogP contribution in [0.2, 0.25) is 10.0 Å². The van der Waals surface area contributed by atoms with Crippen LogP contribution in [0.3, 0.4) is 0 Å². The van der Waals surface area contributed by atoms with E-state index in [0.29, 0.717) is 10.9 Å². The number of fused-ring (bicyclic) bond motifs is 1. The minimum atomic E-state index is -0.819. The Labute approximate surface area is 151 Å². The van der Waals surface area contributed by atoms with Gasteiger partial charge in [-0.1, -0.05) is 29.3 Å². The highest BCUT2D eigenvalue weighted by molar-refractivity contribution is 6.43. The summed E-state index contributed by atoms with van der Waals surface area (Å²) in [5.74, 6) is -2.06. The standard InChI is InChI=1S/C17H13Cl2F2N3O/c18-10-4-8-9(17-12(20)2-1-3-13(17)21)7-24(14(8)5-11(10)19)15(22)6-16(23)25/h1-5,7,15H,6,22H2,(H2,23,25). The van der Waals surface area contributed by atoms with Crippen molar-refractivity contribution in [1.29, 1.82) is 0 Å². The number of amides is 1. The molecule has 3 aromatic rings. The summed E-state index contributed by atoms with van der Waals surface area (Å²) in [5, 5.41) is 0.937. The zero-order valence-corrected chi connectivity index (χ0v) is 14.3. The van der Waals surface area contributed by atoms with Crippen molar-refractivity contribution < 1.29 is 13.6 Å². The Hall–Kier alpha value is -2.15. The van der Waals surface area contributed by atoms with Crippen LogP contribution in [0.15, 0.2) is 36.5 Å². The summed E-state index contributed by atoms with van der Waals surface area (Å²) in [7, 11) is 0. The van der Waals surface area contributed by atoms with Crippen LogP contribution in [0, 0.1) is 11.6 Å². The average Bonchev–Trinajstić information content (AvgIpc) is 2.86. The van der Waals surface area contributed by atoms with E-state index in [4.69, 9.17) is 34.7 Å². The zero-order chi connectivity index (χ0) is 18.3. The van der Waals surface area contributed by atoms with Crippen LogP contribution in [0.1, 0.15) is 12.6 Å². The second-order valence-electron chi connectivity index (χ2n) is 5.57. The van der Waals surface area contributed by atoms with Gasteiger partial charge in [0.05, 0.1) is 33.7 Å². The van der Waals surface area contributed by atoms with Gasteiger partial charge in [-0.25, -0.2) is 8.78 Å². The molecule has 1 atom stereocenters. The van der Waals surface area contributed by atoms with Gasteiger partial charge in [0.2, 0.25) is 5.91 Å². The third-order valence-corrected chi connectivity index (χ3v) is 4.60. The third-order valence-electron chi connectivity index (χ3n) is 3.87. The Balaban J connectivity index is 2.33. The molecule has 3 rings (SSSR count). The molecule has 0 aliphatic heterocycles. The molecule has 4 nitrogen and oxygen atoms in total. The second kappa shape index (κ2) is 6.63. The number of aromatic nitrogens is 1. The second-order valence-corrected chi connectivity index (χ2v) is 6.38. The number of rotatable bonds is 4. The van der Waals surface area contributed by atoms with Crippen molar-refractivity contribution in [3.63, 3.8) is 0 Å². The molecule has 4 N–H and O–H groups in total. The lowest BCUT2D eigenvalue weighted by Gasteiger charge is -2.13. The largest absolute Gasteiger partial charge is 0.370 e. The molecule has 0 saturated carbocycles. The van der Waals surface area contributed by atoms with Crippen molar-refractivity contribution in [2.45, 2.75) is 12.6 Å². The van der Waals surface area contributed by atoms with E-state index in [1.165, 1.54) is 29.0 Å². The van der Waals surface area contributed by atoms with Gasteiger partial charge in [-0.3, -0.25) is 4.79 Å². The fourth-order valence-corrected chi connectivity index (χ4v) is 3.10. The Morgan fingerprint density at radius 2 is 1.76 bits per heavy atom. The summed E-state index contributed by atoms with van der Waals surface area (Å²) in [6, 6.07) is 6.62. The van der Waals surface area contributed by atoms with Gasteiger partial charge in [0.25, 0.3) is 0 Å². The van der Waals surface area contributed by atoms with Gasteiger partial charge in [0.1, 0.15) is 11.6 Å². The Morgan fingerprint density at radius 3 is 2.36 bits per heavy atom. The molecule has 0 spiro atoms. The maximum absolute atomic E-state index is 14.3. The Kier molecular flexibility index (Phi) is 4.69. The molecule has 1 aromatic heterocycles. The number of carbonyl (C=O) groups excluding carboxylic acids is 1. The van der Waals surface area contributed by atoms with Crippen molar-refractivity contribution in [2.24, 2.45) is 11.5 Å². The summed E-state index contributed by atoms with van der Waals surface area (Å²) in [6.45, 7) is 0. The fraction of sp³-hybridized carbons (Fsp3) is 0.118. The monoisotopic (exact) mass is 383 g/mol. The number of carbonyl (C=O) groups is 1. The van der Waals surface area contributed by atoms with E-state index >= 15 is 0 Å². The topological polar surface area (TPSA) is 74.0 Å². The van der Waals surface area contributed by atoms with Crippen molar-refractivity contribution in [3.05, 3.63) is 58.2 Å². The van der Waals surface area contributed by atoms with Crippen LogP contribution in [-0.4, -0.2) is 10.5 Å². The first-order valence-electron chi connectivity index (χ1n) is 7.27. The van der Waals surface area contributed by atoms with E-state index in [2.05, 4.69) is 0 Å². The molecule has 0 bridgehead atoms. The number of hydrogen-bond acceptors (Lipinski definition) is 2. The maximum atomic E-state index is 14.3. The molecular formula is C17H13Cl2F2N3O. The zero-order valence-electron chi connectivity index (χ0n) is 12.8. The maximum Gasteiger partial charge on any atom is 0.220 e. The Bertz CT molecular complexity index is 967. The molecule has 0 saturated heterocycles. The summed E-state index contributed by atoms with van der Waals surface area (Å²) < 4.78 is 30.0. The summed E-state index contributed by atoms with van der Waals surface area (Å²) in [5.41, 5.74) is 11.7. The molecule has 2 aromatic carbocycles. The summed E-state index contributed by atoms with van der Waals surface area (Å²) in [6.07, 6.45) is 0.496. The van der Waals surface area contributed by atoms with Gasteiger partial charge in [0, 0.05) is 17.1 Å². The number of benzene rings is 2. The molecule has 1 heterocycles. The number of halogens is 4. The van der Waals surface area contributed by atoms with Gasteiger partial charge in [-0.15, -0.1) is 0 Å². The van der Waals surface area contributed by atoms with Crippen LogP contribution in [0.5, 0.6) is 0 Å². The van der Waals surface area contributed by atoms with Crippen molar-refractivity contribution in [1.82, 2.24) is 4.57 Å². The molecule has 0 aliphatic carbocycles. The molecule has 1 unspecified atom stereocenters. The van der Waals surface area contributed by atoms with Gasteiger partial charge in [-0.2, -0.15) is 0 Å². The van der Waals surface area contributed by atoms with E-state index in [0.717, 1.165) is 12.1 Å². The van der Waals surface area contributed by atoms with Gasteiger partial charge >= 0.3 is 0 Å². The normalized spacial score (nSPS) is 12.5. The quantitative estimate of drug-likeness (QED) is 0.707. The summed E-state index contributed by atoms with van der Waals surface area (Å²) >= 11 is 12.1. The predicted molar refractivity (Wildman–Crippen MR) is 94.3 cm³/mol. The van der Waals surface area contributed by atoms with Crippen LogP contribution in [0.25, 0.3) is 22.0 Å². The lowest BCUT2D eigenvalue weighted by Crippen LogP contribution is -2.25. The molecule has 8 heteroatoms. The highest BCUT2D eigenvalue weighted by Gasteiger charge is 2.21. The van der Waals surface area contributed by atoms with Gasteiger partial charge in [0.15, 0.2) is 0 Å². The van der Waals surface area contributed by atoms with Crippen LogP contribution >= 0.6 is 23.2 Å². The minimum Gasteiger partial charge on any atom is -0.370 e. The van der Waals surface area contributed by atoms with E-state index in [9.17, 15) is 13.6 Å². The minimum absolute atomic E-state index is 0.150. The first kappa shape index (κ1) is 17.7. The number of hydrogen-bond donors (Lipinski definition) is 2. The first-order valence-corrected chi connectivity index (χ1v) is 8.03. The first-order chi connectivity index (χ1) is 11.8. The lowest BCUT2D eigenvalue weighted by atomic mass is 10.0. The van der Waals surface area contributed by atoms with Crippen LogP contribution in [-0.2, 0) is 4.79 Å². The van der Waals surface area contributed by atoms with Crippen LogP contribution < -0.4 is 11.5 Å². The van der Waals surface area contributed by atoms with Gasteiger partial charge in [-0.05, 0) is 24.3 Å². The predicted octanol–water partition coefficient (Wildman–Crippen LogP) is 4.23. The fourth-order valence-electron chi connectivity index (χ4n) is 2.78. The van der Waals surface area contributed by atoms with Crippen molar-refractivity contribution >= 4 is 40.0 Å².